The summed E-state index contributed by atoms with van der Waals surface area (Å²) in [7, 11) is 3.25. The molecule has 1 aromatic carbocycles. The summed E-state index contributed by atoms with van der Waals surface area (Å²) in [6.07, 6.45) is 1.63. The lowest BCUT2D eigenvalue weighted by Gasteiger charge is -2.14. The first kappa shape index (κ1) is 12.8. The van der Waals surface area contributed by atoms with Crippen LogP contribution >= 0.6 is 11.6 Å². The van der Waals surface area contributed by atoms with Gasteiger partial charge in [-0.3, -0.25) is 0 Å². The summed E-state index contributed by atoms with van der Waals surface area (Å²) >= 11 is 6.50. The van der Waals surface area contributed by atoms with Crippen LogP contribution in [-0.4, -0.2) is 14.2 Å². The van der Waals surface area contributed by atoms with E-state index in [1.807, 2.05) is 31.2 Å². The molecule has 96 valence electrons. The van der Waals surface area contributed by atoms with Crippen LogP contribution in [0, 0.1) is 6.92 Å². The number of alkyl halides is 1. The van der Waals surface area contributed by atoms with Gasteiger partial charge in [-0.05, 0) is 31.2 Å². The maximum atomic E-state index is 6.50. The molecule has 0 aliphatic heterocycles. The van der Waals surface area contributed by atoms with Gasteiger partial charge in [-0.2, -0.15) is 0 Å². The number of halogens is 1. The monoisotopic (exact) mass is 266 g/mol. The van der Waals surface area contributed by atoms with Crippen molar-refractivity contribution in [3.8, 4) is 11.5 Å². The average Bonchev–Trinajstić information content (AvgIpc) is 2.83. The van der Waals surface area contributed by atoms with Crippen molar-refractivity contribution < 1.29 is 13.9 Å². The molecule has 1 atom stereocenters. The molecule has 0 fully saturated rings. The van der Waals surface area contributed by atoms with Gasteiger partial charge in [0.1, 0.15) is 17.3 Å². The van der Waals surface area contributed by atoms with Crippen LogP contribution in [0.1, 0.15) is 22.3 Å². The SMILES string of the molecule is COc1ccc(OC)c(C(Cl)c2ccoc2C)c1. The summed E-state index contributed by atoms with van der Waals surface area (Å²) < 4.78 is 15.8. The predicted molar refractivity (Wildman–Crippen MR) is 70.7 cm³/mol. The van der Waals surface area contributed by atoms with Crippen molar-refractivity contribution in [1.82, 2.24) is 0 Å². The molecule has 18 heavy (non-hydrogen) atoms. The van der Waals surface area contributed by atoms with Gasteiger partial charge in [0.05, 0.1) is 25.9 Å². The van der Waals surface area contributed by atoms with E-state index in [1.165, 1.54) is 0 Å². The molecular formula is C14H15ClO3. The van der Waals surface area contributed by atoms with Gasteiger partial charge in [0.25, 0.3) is 0 Å². The summed E-state index contributed by atoms with van der Waals surface area (Å²) in [5.41, 5.74) is 1.80. The quantitative estimate of drug-likeness (QED) is 0.786. The lowest BCUT2D eigenvalue weighted by Crippen LogP contribution is -1.98. The van der Waals surface area contributed by atoms with E-state index in [0.717, 1.165) is 28.4 Å². The molecular weight excluding hydrogens is 252 g/mol. The molecule has 0 saturated carbocycles. The molecule has 3 nitrogen and oxygen atoms in total. The fraction of sp³-hybridized carbons (Fsp3) is 0.286. The van der Waals surface area contributed by atoms with E-state index in [4.69, 9.17) is 25.5 Å². The first-order valence-electron chi connectivity index (χ1n) is 5.57. The van der Waals surface area contributed by atoms with Crippen LogP contribution in [-0.2, 0) is 0 Å². The van der Waals surface area contributed by atoms with E-state index in [1.54, 1.807) is 20.5 Å². The van der Waals surface area contributed by atoms with E-state index in [2.05, 4.69) is 0 Å². The summed E-state index contributed by atoms with van der Waals surface area (Å²) in [5.74, 6) is 2.29. The Labute approximate surface area is 111 Å². The lowest BCUT2D eigenvalue weighted by atomic mass is 10.0. The van der Waals surface area contributed by atoms with Crippen LogP contribution in [0.2, 0.25) is 0 Å². The van der Waals surface area contributed by atoms with Gasteiger partial charge in [0.15, 0.2) is 0 Å². The molecule has 1 heterocycles. The van der Waals surface area contributed by atoms with E-state index in [-0.39, 0.29) is 5.38 Å². The Morgan fingerprint density at radius 1 is 1.11 bits per heavy atom. The Hall–Kier alpha value is -1.61. The fourth-order valence-electron chi connectivity index (χ4n) is 1.86. The molecule has 0 saturated heterocycles. The zero-order valence-corrected chi connectivity index (χ0v) is 11.3. The molecule has 2 aromatic rings. The minimum Gasteiger partial charge on any atom is -0.497 e. The zero-order chi connectivity index (χ0) is 13.1. The largest absolute Gasteiger partial charge is 0.497 e. The Morgan fingerprint density at radius 3 is 2.44 bits per heavy atom. The van der Waals surface area contributed by atoms with Crippen molar-refractivity contribution in [3.05, 3.63) is 47.4 Å². The van der Waals surface area contributed by atoms with Crippen LogP contribution in [0.4, 0.5) is 0 Å². The third-order valence-electron chi connectivity index (χ3n) is 2.88. The number of rotatable bonds is 4. The molecule has 1 unspecified atom stereocenters. The summed E-state index contributed by atoms with van der Waals surface area (Å²) in [5, 5.41) is -0.325. The third kappa shape index (κ3) is 2.31. The fourth-order valence-corrected chi connectivity index (χ4v) is 2.26. The number of hydrogen-bond acceptors (Lipinski definition) is 3. The average molecular weight is 267 g/mol. The molecule has 0 aliphatic carbocycles. The highest BCUT2D eigenvalue weighted by molar-refractivity contribution is 6.23. The number of benzene rings is 1. The van der Waals surface area contributed by atoms with Crippen LogP contribution in [0.25, 0.3) is 0 Å². The van der Waals surface area contributed by atoms with Crippen molar-refractivity contribution in [3.63, 3.8) is 0 Å². The number of ether oxygens (including phenoxy) is 2. The summed E-state index contributed by atoms with van der Waals surface area (Å²) in [4.78, 5) is 0. The van der Waals surface area contributed by atoms with Crippen molar-refractivity contribution in [2.24, 2.45) is 0 Å². The second-order valence-electron chi connectivity index (χ2n) is 3.90. The standard InChI is InChI=1S/C14H15ClO3/c1-9-11(6-7-18-9)14(15)12-8-10(16-2)4-5-13(12)17-3/h4-8,14H,1-3H3. The number of hydrogen-bond donors (Lipinski definition) is 0. The lowest BCUT2D eigenvalue weighted by molar-refractivity contribution is 0.399. The molecule has 0 spiro atoms. The van der Waals surface area contributed by atoms with Crippen LogP contribution in [0.15, 0.2) is 34.9 Å². The molecule has 4 heteroatoms. The highest BCUT2D eigenvalue weighted by atomic mass is 35.5. The summed E-state index contributed by atoms with van der Waals surface area (Å²) in [6.45, 7) is 1.89. The van der Waals surface area contributed by atoms with Crippen molar-refractivity contribution in [2.75, 3.05) is 14.2 Å². The minimum atomic E-state index is -0.325. The molecule has 0 radical (unpaired) electrons. The van der Waals surface area contributed by atoms with Gasteiger partial charge in [-0.15, -0.1) is 11.6 Å². The van der Waals surface area contributed by atoms with E-state index < -0.39 is 0 Å². The molecule has 0 N–H and O–H groups in total. The number of methoxy groups -OCH3 is 2. The first-order valence-corrected chi connectivity index (χ1v) is 6.01. The van der Waals surface area contributed by atoms with Gasteiger partial charge in [0.2, 0.25) is 0 Å². The van der Waals surface area contributed by atoms with E-state index in [9.17, 15) is 0 Å². The van der Waals surface area contributed by atoms with E-state index >= 15 is 0 Å². The van der Waals surface area contributed by atoms with Gasteiger partial charge >= 0.3 is 0 Å². The molecule has 2 rings (SSSR count). The van der Waals surface area contributed by atoms with Crippen LogP contribution in [0.3, 0.4) is 0 Å². The Balaban J connectivity index is 2.45. The van der Waals surface area contributed by atoms with Crippen molar-refractivity contribution >= 4 is 11.6 Å². The maximum Gasteiger partial charge on any atom is 0.124 e. The second-order valence-corrected chi connectivity index (χ2v) is 4.34. The highest BCUT2D eigenvalue weighted by Crippen LogP contribution is 2.38. The zero-order valence-electron chi connectivity index (χ0n) is 10.6. The Morgan fingerprint density at radius 2 is 1.89 bits per heavy atom. The van der Waals surface area contributed by atoms with Crippen molar-refractivity contribution in [1.29, 1.82) is 0 Å². The first-order chi connectivity index (χ1) is 8.67. The van der Waals surface area contributed by atoms with Gasteiger partial charge < -0.3 is 13.9 Å². The van der Waals surface area contributed by atoms with E-state index in [0.29, 0.717) is 0 Å². The number of aryl methyl sites for hydroxylation is 1. The molecule has 0 aliphatic rings. The smallest absolute Gasteiger partial charge is 0.124 e. The van der Waals surface area contributed by atoms with Gasteiger partial charge in [-0.1, -0.05) is 0 Å². The topological polar surface area (TPSA) is 31.6 Å². The van der Waals surface area contributed by atoms with Crippen molar-refractivity contribution in [2.45, 2.75) is 12.3 Å². The molecule has 0 bridgehead atoms. The molecule has 1 aromatic heterocycles. The number of furan rings is 1. The van der Waals surface area contributed by atoms with Gasteiger partial charge in [0, 0.05) is 11.1 Å². The highest BCUT2D eigenvalue weighted by Gasteiger charge is 2.19. The van der Waals surface area contributed by atoms with Crippen LogP contribution in [0.5, 0.6) is 11.5 Å². The maximum absolute atomic E-state index is 6.50. The van der Waals surface area contributed by atoms with Crippen LogP contribution < -0.4 is 9.47 Å². The Bertz CT molecular complexity index is 534. The second kappa shape index (κ2) is 5.36. The summed E-state index contributed by atoms with van der Waals surface area (Å²) in [6, 6.07) is 7.43. The third-order valence-corrected chi connectivity index (χ3v) is 3.35. The normalized spacial score (nSPS) is 12.2. The Kier molecular flexibility index (Phi) is 3.82. The van der Waals surface area contributed by atoms with Gasteiger partial charge in [-0.25, -0.2) is 0 Å². The minimum absolute atomic E-state index is 0.325. The predicted octanol–water partition coefficient (Wildman–Crippen LogP) is 3.93. The molecule has 0 amide bonds.